The number of nitrogens with zero attached hydrogens (tertiary/aromatic N) is 1. The van der Waals surface area contributed by atoms with Gasteiger partial charge in [-0.3, -0.25) is 0 Å². The number of methoxy groups -OCH3 is 2. The van der Waals surface area contributed by atoms with E-state index in [0.717, 1.165) is 23.8 Å². The quantitative estimate of drug-likeness (QED) is 0.635. The molecular weight excluding hydrogens is 290 g/mol. The molecular formula is C18H23N3O2. The van der Waals surface area contributed by atoms with Gasteiger partial charge in [-0.2, -0.15) is 0 Å². The number of rotatable bonds is 6. The number of benzene rings is 2. The minimum absolute atomic E-state index is 0.615. The summed E-state index contributed by atoms with van der Waals surface area (Å²) in [5, 5.41) is 6.51. The molecule has 0 saturated carbocycles. The number of hydrogen-bond acceptors (Lipinski definition) is 3. The second-order valence-corrected chi connectivity index (χ2v) is 4.88. The minimum atomic E-state index is 0.615. The number of ether oxygens (including phenoxy) is 2. The molecule has 2 rings (SSSR count). The lowest BCUT2D eigenvalue weighted by molar-refractivity contribution is 0.355. The van der Waals surface area contributed by atoms with E-state index < -0.39 is 0 Å². The van der Waals surface area contributed by atoms with E-state index in [0.29, 0.717) is 18.0 Å². The van der Waals surface area contributed by atoms with Gasteiger partial charge in [0.15, 0.2) is 17.5 Å². The Morgan fingerprint density at radius 1 is 1.00 bits per heavy atom. The zero-order chi connectivity index (χ0) is 16.5. The lowest BCUT2D eigenvalue weighted by atomic mass is 10.2. The molecule has 0 unspecified atom stereocenters. The molecule has 0 bridgehead atoms. The van der Waals surface area contributed by atoms with Gasteiger partial charge in [0, 0.05) is 18.3 Å². The van der Waals surface area contributed by atoms with Crippen LogP contribution in [0.4, 0.5) is 5.69 Å². The summed E-state index contributed by atoms with van der Waals surface area (Å²) < 4.78 is 10.6. The van der Waals surface area contributed by atoms with Crippen LogP contribution >= 0.6 is 0 Å². The highest BCUT2D eigenvalue weighted by molar-refractivity contribution is 5.93. The summed E-state index contributed by atoms with van der Waals surface area (Å²) in [4.78, 5) is 4.60. The Morgan fingerprint density at radius 2 is 1.74 bits per heavy atom. The van der Waals surface area contributed by atoms with Crippen molar-refractivity contribution in [1.82, 2.24) is 5.32 Å². The van der Waals surface area contributed by atoms with Gasteiger partial charge in [-0.05, 0) is 24.6 Å². The Labute approximate surface area is 137 Å². The highest BCUT2D eigenvalue weighted by atomic mass is 16.5. The van der Waals surface area contributed by atoms with Crippen LogP contribution in [0.5, 0.6) is 11.5 Å². The maximum atomic E-state index is 5.32. The summed E-state index contributed by atoms with van der Waals surface area (Å²) in [6, 6.07) is 15.8. The molecule has 0 amide bonds. The molecule has 0 radical (unpaired) electrons. The number of nitrogens with one attached hydrogen (secondary N) is 2. The Balaban J connectivity index is 2.12. The van der Waals surface area contributed by atoms with Gasteiger partial charge in [0.1, 0.15) is 0 Å². The first kappa shape index (κ1) is 16.7. The molecule has 0 spiro atoms. The lowest BCUT2D eigenvalue weighted by Crippen LogP contribution is -2.30. The zero-order valence-corrected chi connectivity index (χ0v) is 13.8. The molecule has 2 aromatic rings. The van der Waals surface area contributed by atoms with E-state index in [1.807, 2.05) is 43.3 Å². The first-order valence-corrected chi connectivity index (χ1v) is 7.58. The van der Waals surface area contributed by atoms with Crippen molar-refractivity contribution in [3.05, 3.63) is 54.1 Å². The molecule has 0 atom stereocenters. The summed E-state index contributed by atoms with van der Waals surface area (Å²) in [6.07, 6.45) is 0. The van der Waals surface area contributed by atoms with E-state index >= 15 is 0 Å². The predicted octanol–water partition coefficient (Wildman–Crippen LogP) is 3.28. The van der Waals surface area contributed by atoms with Gasteiger partial charge in [-0.15, -0.1) is 0 Å². The molecule has 0 aliphatic rings. The van der Waals surface area contributed by atoms with Crippen molar-refractivity contribution < 1.29 is 9.47 Å². The van der Waals surface area contributed by atoms with Crippen molar-refractivity contribution in [3.63, 3.8) is 0 Å². The number of hydrogen-bond donors (Lipinski definition) is 2. The largest absolute Gasteiger partial charge is 0.493 e. The maximum Gasteiger partial charge on any atom is 0.196 e. The molecule has 0 aliphatic heterocycles. The van der Waals surface area contributed by atoms with Crippen molar-refractivity contribution in [2.75, 3.05) is 26.1 Å². The van der Waals surface area contributed by atoms with Gasteiger partial charge in [0.05, 0.1) is 20.8 Å². The smallest absolute Gasteiger partial charge is 0.196 e. The van der Waals surface area contributed by atoms with E-state index in [9.17, 15) is 0 Å². The number of guanidine groups is 1. The van der Waals surface area contributed by atoms with Crippen LogP contribution in [0.2, 0.25) is 0 Å². The first-order valence-electron chi connectivity index (χ1n) is 7.58. The highest BCUT2D eigenvalue weighted by Crippen LogP contribution is 2.29. The van der Waals surface area contributed by atoms with Gasteiger partial charge >= 0.3 is 0 Å². The molecule has 0 fully saturated rings. The molecule has 5 heteroatoms. The number of aliphatic imine (C=N–C) groups is 1. The van der Waals surface area contributed by atoms with Crippen LogP contribution in [-0.2, 0) is 6.54 Å². The van der Waals surface area contributed by atoms with Crippen LogP contribution in [-0.4, -0.2) is 26.7 Å². The van der Waals surface area contributed by atoms with Gasteiger partial charge in [-0.25, -0.2) is 4.99 Å². The normalized spacial score (nSPS) is 11.0. The van der Waals surface area contributed by atoms with Crippen LogP contribution < -0.4 is 20.1 Å². The Hall–Kier alpha value is -2.69. The Morgan fingerprint density at radius 3 is 2.39 bits per heavy atom. The molecule has 0 aromatic heterocycles. The Bertz CT molecular complexity index is 642. The highest BCUT2D eigenvalue weighted by Gasteiger charge is 2.06. The monoisotopic (exact) mass is 313 g/mol. The zero-order valence-electron chi connectivity index (χ0n) is 13.8. The molecule has 122 valence electrons. The minimum Gasteiger partial charge on any atom is -0.493 e. The van der Waals surface area contributed by atoms with Crippen molar-refractivity contribution in [2.24, 2.45) is 4.99 Å². The van der Waals surface area contributed by atoms with Crippen LogP contribution in [0.3, 0.4) is 0 Å². The van der Waals surface area contributed by atoms with Crippen LogP contribution in [0.15, 0.2) is 53.5 Å². The second kappa shape index (κ2) is 8.68. The average molecular weight is 313 g/mol. The van der Waals surface area contributed by atoms with Gasteiger partial charge in [0.2, 0.25) is 0 Å². The van der Waals surface area contributed by atoms with Crippen LogP contribution in [0.25, 0.3) is 0 Å². The standard InChI is InChI=1S/C18H23N3O2/c1-4-19-18(20-13-14-8-6-5-7-9-14)21-15-10-11-16(22-2)17(12-15)23-3/h5-12H,4,13H2,1-3H3,(H2,19,20,21). The van der Waals surface area contributed by atoms with E-state index in [2.05, 4.69) is 27.8 Å². The fourth-order valence-electron chi connectivity index (χ4n) is 2.11. The fourth-order valence-corrected chi connectivity index (χ4v) is 2.11. The summed E-state index contributed by atoms with van der Waals surface area (Å²) >= 11 is 0. The maximum absolute atomic E-state index is 5.32. The van der Waals surface area contributed by atoms with E-state index in [4.69, 9.17) is 9.47 Å². The average Bonchev–Trinajstić information content (AvgIpc) is 2.60. The third kappa shape index (κ3) is 4.92. The summed E-state index contributed by atoms with van der Waals surface area (Å²) in [7, 11) is 3.24. The van der Waals surface area contributed by atoms with Crippen LogP contribution in [0, 0.1) is 0 Å². The fraction of sp³-hybridized carbons (Fsp3) is 0.278. The molecule has 0 heterocycles. The third-order valence-corrected chi connectivity index (χ3v) is 3.25. The molecule has 23 heavy (non-hydrogen) atoms. The van der Waals surface area contributed by atoms with E-state index in [-0.39, 0.29) is 0 Å². The first-order chi connectivity index (χ1) is 11.3. The topological polar surface area (TPSA) is 54.9 Å². The molecule has 0 aliphatic carbocycles. The summed E-state index contributed by atoms with van der Waals surface area (Å²) in [5.74, 6) is 2.10. The van der Waals surface area contributed by atoms with Crippen molar-refractivity contribution in [3.8, 4) is 11.5 Å². The van der Waals surface area contributed by atoms with Crippen molar-refractivity contribution in [1.29, 1.82) is 0 Å². The van der Waals surface area contributed by atoms with Gasteiger partial charge < -0.3 is 20.1 Å². The summed E-state index contributed by atoms with van der Waals surface area (Å²) in [5.41, 5.74) is 2.05. The molecule has 2 N–H and O–H groups in total. The van der Waals surface area contributed by atoms with Gasteiger partial charge in [-0.1, -0.05) is 30.3 Å². The predicted molar refractivity (Wildman–Crippen MR) is 94.4 cm³/mol. The second-order valence-electron chi connectivity index (χ2n) is 4.88. The SMILES string of the molecule is CCNC(=NCc1ccccc1)Nc1ccc(OC)c(OC)c1. The Kier molecular flexibility index (Phi) is 6.29. The van der Waals surface area contributed by atoms with Gasteiger partial charge in [0.25, 0.3) is 0 Å². The van der Waals surface area contributed by atoms with Crippen molar-refractivity contribution >= 4 is 11.6 Å². The lowest BCUT2D eigenvalue weighted by Gasteiger charge is -2.13. The third-order valence-electron chi connectivity index (χ3n) is 3.25. The number of anilines is 1. The molecule has 2 aromatic carbocycles. The van der Waals surface area contributed by atoms with Crippen molar-refractivity contribution in [2.45, 2.75) is 13.5 Å². The van der Waals surface area contributed by atoms with Crippen LogP contribution in [0.1, 0.15) is 12.5 Å². The van der Waals surface area contributed by atoms with E-state index in [1.54, 1.807) is 14.2 Å². The summed E-state index contributed by atoms with van der Waals surface area (Å²) in [6.45, 7) is 3.44. The molecule has 0 saturated heterocycles. The molecule has 5 nitrogen and oxygen atoms in total. The van der Waals surface area contributed by atoms with E-state index in [1.165, 1.54) is 0 Å².